The molecule has 0 radical (unpaired) electrons. The van der Waals surface area contributed by atoms with Gasteiger partial charge in [0.25, 0.3) is 10.0 Å². The fraction of sp³-hybridized carbons (Fsp3) is 0.297. The van der Waals surface area contributed by atoms with E-state index in [4.69, 9.17) is 11.6 Å². The standard InChI is InChI=1S/C37H42ClN3O4S/c1-5-6-22-39-37(43)35(24-30-13-8-7-9-14-30)40(25-31-15-11-16-32(38)23-31)36(42)26-41(34-17-10-12-28(3)29(34)4)46(44,45)33-20-18-27(2)19-21-33/h7-21,23,35H,5-6,22,24-26H2,1-4H3,(H,39,43)/t35-/m1/s1. The van der Waals surface area contributed by atoms with Gasteiger partial charge in [0.2, 0.25) is 11.8 Å². The lowest BCUT2D eigenvalue weighted by molar-refractivity contribution is -0.140. The minimum absolute atomic E-state index is 0.0588. The highest BCUT2D eigenvalue weighted by Gasteiger charge is 2.35. The van der Waals surface area contributed by atoms with Gasteiger partial charge in [-0.2, -0.15) is 0 Å². The first kappa shape index (κ1) is 34.7. The van der Waals surface area contributed by atoms with Crippen LogP contribution in [-0.4, -0.2) is 44.3 Å². The lowest BCUT2D eigenvalue weighted by Gasteiger charge is -2.34. The molecule has 1 N–H and O–H groups in total. The number of nitrogens with zero attached hydrogens (tertiary/aromatic N) is 2. The quantitative estimate of drug-likeness (QED) is 0.148. The maximum atomic E-state index is 14.6. The van der Waals surface area contributed by atoms with Crippen molar-refractivity contribution in [1.82, 2.24) is 10.2 Å². The number of hydrogen-bond acceptors (Lipinski definition) is 4. The largest absolute Gasteiger partial charge is 0.354 e. The second-order valence-corrected chi connectivity index (χ2v) is 13.8. The Bertz CT molecular complexity index is 1740. The number of unbranched alkanes of at least 4 members (excludes halogenated alkanes) is 1. The van der Waals surface area contributed by atoms with Gasteiger partial charge in [-0.3, -0.25) is 13.9 Å². The summed E-state index contributed by atoms with van der Waals surface area (Å²) in [4.78, 5) is 30.0. The molecule has 2 amide bonds. The number of halogens is 1. The van der Waals surface area contributed by atoms with Crippen molar-refractivity contribution in [2.45, 2.75) is 64.4 Å². The predicted octanol–water partition coefficient (Wildman–Crippen LogP) is 7.02. The predicted molar refractivity (Wildman–Crippen MR) is 185 cm³/mol. The first-order valence-corrected chi connectivity index (χ1v) is 17.3. The third kappa shape index (κ3) is 8.77. The summed E-state index contributed by atoms with van der Waals surface area (Å²) < 4.78 is 29.8. The van der Waals surface area contributed by atoms with E-state index in [2.05, 4.69) is 5.32 Å². The van der Waals surface area contributed by atoms with Crippen LogP contribution in [0.3, 0.4) is 0 Å². The fourth-order valence-corrected chi connectivity index (χ4v) is 6.93. The van der Waals surface area contributed by atoms with Crippen LogP contribution in [0.4, 0.5) is 5.69 Å². The van der Waals surface area contributed by atoms with Gasteiger partial charge in [-0.1, -0.05) is 97.2 Å². The molecule has 0 bridgehead atoms. The lowest BCUT2D eigenvalue weighted by Crippen LogP contribution is -2.53. The molecule has 242 valence electrons. The minimum atomic E-state index is -4.18. The monoisotopic (exact) mass is 659 g/mol. The van der Waals surface area contributed by atoms with Crippen molar-refractivity contribution in [3.05, 3.63) is 130 Å². The first-order chi connectivity index (χ1) is 22.0. The topological polar surface area (TPSA) is 86.8 Å². The molecular weight excluding hydrogens is 618 g/mol. The molecule has 4 rings (SSSR count). The lowest BCUT2D eigenvalue weighted by atomic mass is 10.0. The molecule has 0 spiro atoms. The molecule has 0 unspecified atom stereocenters. The molecule has 0 saturated carbocycles. The van der Waals surface area contributed by atoms with E-state index in [0.717, 1.165) is 40.7 Å². The molecule has 4 aromatic carbocycles. The number of benzene rings is 4. The maximum absolute atomic E-state index is 14.6. The van der Waals surface area contributed by atoms with Gasteiger partial charge in [0, 0.05) is 24.5 Å². The van der Waals surface area contributed by atoms with Crippen LogP contribution in [0.2, 0.25) is 5.02 Å². The van der Waals surface area contributed by atoms with Crippen LogP contribution in [0, 0.1) is 20.8 Å². The number of carbonyl (C=O) groups is 2. The van der Waals surface area contributed by atoms with Crippen molar-refractivity contribution in [3.63, 3.8) is 0 Å². The number of amides is 2. The van der Waals surface area contributed by atoms with Crippen molar-refractivity contribution in [3.8, 4) is 0 Å². The van der Waals surface area contributed by atoms with Gasteiger partial charge < -0.3 is 10.2 Å². The van der Waals surface area contributed by atoms with Crippen molar-refractivity contribution in [2.24, 2.45) is 0 Å². The zero-order chi connectivity index (χ0) is 33.3. The fourth-order valence-electron chi connectivity index (χ4n) is 5.25. The SMILES string of the molecule is CCCCNC(=O)[C@@H](Cc1ccccc1)N(Cc1cccc(Cl)c1)C(=O)CN(c1cccc(C)c1C)S(=O)(=O)c1ccc(C)cc1. The Labute approximate surface area is 278 Å². The zero-order valence-corrected chi connectivity index (χ0v) is 28.4. The van der Waals surface area contributed by atoms with Gasteiger partial charge in [-0.05, 0) is 79.8 Å². The Morgan fingerprint density at radius 3 is 2.20 bits per heavy atom. The number of aryl methyl sites for hydroxylation is 2. The third-order valence-electron chi connectivity index (χ3n) is 8.08. The summed E-state index contributed by atoms with van der Waals surface area (Å²) in [6.45, 7) is 7.69. The average Bonchev–Trinajstić information content (AvgIpc) is 3.03. The van der Waals surface area contributed by atoms with Gasteiger partial charge in [0.15, 0.2) is 0 Å². The van der Waals surface area contributed by atoms with E-state index in [-0.39, 0.29) is 23.8 Å². The average molecular weight is 660 g/mol. The number of nitrogens with one attached hydrogen (secondary N) is 1. The normalized spacial score (nSPS) is 11.9. The summed E-state index contributed by atoms with van der Waals surface area (Å²) in [5.41, 5.74) is 4.55. The van der Waals surface area contributed by atoms with Crippen molar-refractivity contribution in [1.29, 1.82) is 0 Å². The van der Waals surface area contributed by atoms with E-state index in [0.29, 0.717) is 17.3 Å². The first-order valence-electron chi connectivity index (χ1n) is 15.5. The number of hydrogen-bond donors (Lipinski definition) is 1. The summed E-state index contributed by atoms with van der Waals surface area (Å²) >= 11 is 6.33. The minimum Gasteiger partial charge on any atom is -0.354 e. The zero-order valence-electron chi connectivity index (χ0n) is 26.9. The Kier molecular flexibility index (Phi) is 12.0. The molecule has 0 aliphatic heterocycles. The Hall–Kier alpha value is -4.14. The molecule has 9 heteroatoms. The second kappa shape index (κ2) is 15.9. The summed E-state index contributed by atoms with van der Waals surface area (Å²) in [6.07, 6.45) is 1.94. The number of anilines is 1. The van der Waals surface area contributed by atoms with Crippen LogP contribution in [0.15, 0.2) is 102 Å². The second-order valence-electron chi connectivity index (χ2n) is 11.5. The molecule has 0 aliphatic rings. The van der Waals surface area contributed by atoms with Gasteiger partial charge in [-0.15, -0.1) is 0 Å². The molecule has 0 saturated heterocycles. The summed E-state index contributed by atoms with van der Waals surface area (Å²) in [5, 5.41) is 3.50. The van der Waals surface area contributed by atoms with E-state index in [1.807, 2.05) is 70.2 Å². The number of rotatable bonds is 14. The molecule has 46 heavy (non-hydrogen) atoms. The third-order valence-corrected chi connectivity index (χ3v) is 10.1. The molecule has 0 heterocycles. The molecule has 1 atom stereocenters. The molecule has 4 aromatic rings. The molecule has 0 fully saturated rings. The molecule has 0 aromatic heterocycles. The van der Waals surface area contributed by atoms with Crippen molar-refractivity contribution >= 4 is 39.1 Å². The summed E-state index contributed by atoms with van der Waals surface area (Å²) in [6, 6.07) is 27.7. The Balaban J connectivity index is 1.82. The van der Waals surface area contributed by atoms with E-state index in [1.54, 1.807) is 54.6 Å². The maximum Gasteiger partial charge on any atom is 0.264 e. The van der Waals surface area contributed by atoms with Crippen LogP contribution in [0.25, 0.3) is 0 Å². The number of sulfonamides is 1. The van der Waals surface area contributed by atoms with Gasteiger partial charge >= 0.3 is 0 Å². The smallest absolute Gasteiger partial charge is 0.264 e. The van der Waals surface area contributed by atoms with Gasteiger partial charge in [0.05, 0.1) is 10.6 Å². The highest BCUT2D eigenvalue weighted by Crippen LogP contribution is 2.29. The van der Waals surface area contributed by atoms with Gasteiger partial charge in [0.1, 0.15) is 12.6 Å². The highest BCUT2D eigenvalue weighted by atomic mass is 35.5. The Morgan fingerprint density at radius 2 is 1.52 bits per heavy atom. The van der Waals surface area contributed by atoms with E-state index in [9.17, 15) is 18.0 Å². The van der Waals surface area contributed by atoms with Crippen molar-refractivity contribution < 1.29 is 18.0 Å². The number of carbonyl (C=O) groups excluding carboxylic acids is 2. The van der Waals surface area contributed by atoms with E-state index < -0.39 is 28.5 Å². The van der Waals surface area contributed by atoms with Crippen molar-refractivity contribution in [2.75, 3.05) is 17.4 Å². The van der Waals surface area contributed by atoms with E-state index in [1.165, 1.54) is 9.21 Å². The van der Waals surface area contributed by atoms with Gasteiger partial charge in [-0.25, -0.2) is 8.42 Å². The molecule has 7 nitrogen and oxygen atoms in total. The van der Waals surface area contributed by atoms with Crippen LogP contribution in [0.1, 0.15) is 47.6 Å². The Morgan fingerprint density at radius 1 is 0.848 bits per heavy atom. The van der Waals surface area contributed by atoms with Crippen LogP contribution < -0.4 is 9.62 Å². The molecule has 0 aliphatic carbocycles. The van der Waals surface area contributed by atoms with Crippen LogP contribution >= 0.6 is 11.6 Å². The summed E-state index contributed by atoms with van der Waals surface area (Å²) in [7, 11) is -4.18. The van der Waals surface area contributed by atoms with Crippen LogP contribution in [0.5, 0.6) is 0 Å². The summed E-state index contributed by atoms with van der Waals surface area (Å²) in [5.74, 6) is -0.810. The van der Waals surface area contributed by atoms with Crippen LogP contribution in [-0.2, 0) is 32.6 Å². The highest BCUT2D eigenvalue weighted by molar-refractivity contribution is 7.92. The molecular formula is C37H42ClN3O4S. The van der Waals surface area contributed by atoms with E-state index >= 15 is 0 Å².